The lowest BCUT2D eigenvalue weighted by atomic mass is 10.1. The van der Waals surface area contributed by atoms with E-state index < -0.39 is 5.91 Å². The average Bonchev–Trinajstić information content (AvgIpc) is 2.99. The molecular formula is C14H15N5O2S2. The predicted molar refractivity (Wildman–Crippen MR) is 92.9 cm³/mol. The highest BCUT2D eigenvalue weighted by molar-refractivity contribution is 8.01. The Labute approximate surface area is 141 Å². The molecular weight excluding hydrogens is 334 g/mol. The maximum absolute atomic E-state index is 12.0. The minimum Gasteiger partial charge on any atom is -0.366 e. The third kappa shape index (κ3) is 5.08. The molecule has 2 rings (SSSR count). The fraction of sp³-hybridized carbons (Fsp3) is 0.143. The molecule has 1 aromatic carbocycles. The molecule has 0 aliphatic rings. The van der Waals surface area contributed by atoms with Gasteiger partial charge < -0.3 is 16.4 Å². The van der Waals surface area contributed by atoms with Crippen LogP contribution in [0.4, 0.5) is 10.8 Å². The summed E-state index contributed by atoms with van der Waals surface area (Å²) in [6.45, 7) is 4.21. The molecule has 1 aromatic heterocycles. The van der Waals surface area contributed by atoms with Gasteiger partial charge in [-0.05, 0) is 12.1 Å². The zero-order chi connectivity index (χ0) is 16.7. The number of rotatable bonds is 8. The van der Waals surface area contributed by atoms with Crippen molar-refractivity contribution in [3.05, 3.63) is 42.5 Å². The average molecular weight is 349 g/mol. The van der Waals surface area contributed by atoms with E-state index >= 15 is 0 Å². The Bertz CT molecular complexity index is 717. The lowest BCUT2D eigenvalue weighted by Crippen LogP contribution is -2.19. The Kier molecular flexibility index (Phi) is 6.12. The third-order valence-corrected chi connectivity index (χ3v) is 4.61. The highest BCUT2D eigenvalue weighted by atomic mass is 32.2. The lowest BCUT2D eigenvalue weighted by molar-refractivity contribution is -0.113. The summed E-state index contributed by atoms with van der Waals surface area (Å²) in [6.07, 6.45) is 1.72. The number of carbonyl (C=O) groups excluding carboxylic acids is 2. The second kappa shape index (κ2) is 8.30. The molecule has 4 N–H and O–H groups in total. The molecule has 2 aromatic rings. The SMILES string of the molecule is C=CCNc1nnc(SCC(=O)Nc2ccccc2C(N)=O)s1. The van der Waals surface area contributed by atoms with Gasteiger partial charge in [-0.2, -0.15) is 0 Å². The van der Waals surface area contributed by atoms with Crippen molar-refractivity contribution >= 4 is 45.7 Å². The van der Waals surface area contributed by atoms with Crippen LogP contribution < -0.4 is 16.4 Å². The summed E-state index contributed by atoms with van der Waals surface area (Å²) in [5, 5.41) is 14.3. The molecule has 120 valence electrons. The van der Waals surface area contributed by atoms with Gasteiger partial charge >= 0.3 is 0 Å². The first-order chi connectivity index (χ1) is 11.1. The number of nitrogens with one attached hydrogen (secondary N) is 2. The van der Waals surface area contributed by atoms with Gasteiger partial charge in [0.05, 0.1) is 17.0 Å². The monoisotopic (exact) mass is 349 g/mol. The van der Waals surface area contributed by atoms with E-state index in [2.05, 4.69) is 27.4 Å². The van der Waals surface area contributed by atoms with Crippen LogP contribution in [0, 0.1) is 0 Å². The minimum atomic E-state index is -0.587. The number of amides is 2. The van der Waals surface area contributed by atoms with Gasteiger partial charge in [0.2, 0.25) is 11.0 Å². The highest BCUT2D eigenvalue weighted by Gasteiger charge is 2.12. The Hall–Kier alpha value is -2.39. The van der Waals surface area contributed by atoms with Gasteiger partial charge in [-0.25, -0.2) is 0 Å². The number of nitrogens with two attached hydrogens (primary N) is 1. The van der Waals surface area contributed by atoms with Crippen LogP contribution in [0.2, 0.25) is 0 Å². The number of carbonyl (C=O) groups is 2. The van der Waals surface area contributed by atoms with Crippen LogP contribution in [0.3, 0.4) is 0 Å². The molecule has 0 radical (unpaired) electrons. The molecule has 2 amide bonds. The van der Waals surface area contributed by atoms with Gasteiger partial charge in [-0.1, -0.05) is 41.3 Å². The van der Waals surface area contributed by atoms with Gasteiger partial charge in [0.15, 0.2) is 4.34 Å². The van der Waals surface area contributed by atoms with Crippen molar-refractivity contribution in [3.8, 4) is 0 Å². The molecule has 0 spiro atoms. The van der Waals surface area contributed by atoms with Crippen LogP contribution in [-0.4, -0.2) is 34.3 Å². The van der Waals surface area contributed by atoms with E-state index in [-0.39, 0.29) is 17.2 Å². The second-order valence-corrected chi connectivity index (χ2v) is 6.49. The number of nitrogens with zero attached hydrogens (tertiary/aromatic N) is 2. The van der Waals surface area contributed by atoms with Crippen LogP contribution >= 0.6 is 23.1 Å². The van der Waals surface area contributed by atoms with Crippen LogP contribution in [0.1, 0.15) is 10.4 Å². The molecule has 0 unspecified atom stereocenters. The molecule has 0 aliphatic heterocycles. The number of thioether (sulfide) groups is 1. The van der Waals surface area contributed by atoms with Crippen LogP contribution in [0.5, 0.6) is 0 Å². The van der Waals surface area contributed by atoms with Crippen LogP contribution in [-0.2, 0) is 4.79 Å². The van der Waals surface area contributed by atoms with E-state index in [1.807, 2.05) is 0 Å². The molecule has 23 heavy (non-hydrogen) atoms. The molecule has 0 saturated heterocycles. The summed E-state index contributed by atoms with van der Waals surface area (Å²) in [4.78, 5) is 23.3. The fourth-order valence-corrected chi connectivity index (χ4v) is 3.18. The van der Waals surface area contributed by atoms with Gasteiger partial charge in [0.25, 0.3) is 5.91 Å². The normalized spacial score (nSPS) is 10.1. The first kappa shape index (κ1) is 17.0. The summed E-state index contributed by atoms with van der Waals surface area (Å²) < 4.78 is 0.676. The quantitative estimate of drug-likeness (QED) is 0.496. The summed E-state index contributed by atoms with van der Waals surface area (Å²) >= 11 is 2.62. The number of hydrogen-bond donors (Lipinski definition) is 3. The number of benzene rings is 1. The second-order valence-electron chi connectivity index (χ2n) is 4.29. The van der Waals surface area contributed by atoms with Crippen molar-refractivity contribution < 1.29 is 9.59 Å². The van der Waals surface area contributed by atoms with E-state index in [9.17, 15) is 9.59 Å². The molecule has 0 fully saturated rings. The largest absolute Gasteiger partial charge is 0.366 e. The Balaban J connectivity index is 1.89. The van der Waals surface area contributed by atoms with Gasteiger partial charge in [0, 0.05) is 6.54 Å². The zero-order valence-corrected chi connectivity index (χ0v) is 13.7. The Morgan fingerprint density at radius 1 is 1.35 bits per heavy atom. The number of hydrogen-bond acceptors (Lipinski definition) is 7. The number of primary amides is 1. The van der Waals surface area contributed by atoms with Crippen LogP contribution in [0.15, 0.2) is 41.3 Å². The maximum atomic E-state index is 12.0. The number of anilines is 2. The van der Waals surface area contributed by atoms with E-state index in [1.54, 1.807) is 30.3 Å². The maximum Gasteiger partial charge on any atom is 0.250 e. The molecule has 9 heteroatoms. The third-order valence-electron chi connectivity index (χ3n) is 2.60. The van der Waals surface area contributed by atoms with Gasteiger partial charge in [-0.3, -0.25) is 9.59 Å². The van der Waals surface area contributed by atoms with Gasteiger partial charge in [-0.15, -0.1) is 16.8 Å². The standard InChI is InChI=1S/C14H15N5O2S2/c1-2-7-16-13-18-19-14(23-13)22-8-11(20)17-10-6-4-3-5-9(10)12(15)21/h2-6H,1,7-8H2,(H2,15,21)(H,16,18)(H,17,20). The van der Waals surface area contributed by atoms with E-state index in [4.69, 9.17) is 5.73 Å². The molecule has 7 nitrogen and oxygen atoms in total. The molecule has 0 saturated carbocycles. The minimum absolute atomic E-state index is 0.156. The molecule has 0 bridgehead atoms. The summed E-state index contributed by atoms with van der Waals surface area (Å²) in [5.74, 6) is -0.682. The zero-order valence-electron chi connectivity index (χ0n) is 12.1. The number of aromatic nitrogens is 2. The summed E-state index contributed by atoms with van der Waals surface area (Å²) in [6, 6.07) is 6.60. The number of para-hydroxylation sites is 1. The lowest BCUT2D eigenvalue weighted by Gasteiger charge is -2.07. The topological polar surface area (TPSA) is 110 Å². The fourth-order valence-electron chi connectivity index (χ4n) is 1.62. The highest BCUT2D eigenvalue weighted by Crippen LogP contribution is 2.25. The van der Waals surface area contributed by atoms with E-state index in [1.165, 1.54) is 23.1 Å². The van der Waals surface area contributed by atoms with Gasteiger partial charge in [0.1, 0.15) is 0 Å². The van der Waals surface area contributed by atoms with Crippen molar-refractivity contribution in [2.45, 2.75) is 4.34 Å². The van der Waals surface area contributed by atoms with Crippen molar-refractivity contribution in [3.63, 3.8) is 0 Å². The summed E-state index contributed by atoms with van der Waals surface area (Å²) in [5.41, 5.74) is 5.95. The van der Waals surface area contributed by atoms with Crippen molar-refractivity contribution in [2.75, 3.05) is 22.9 Å². The predicted octanol–water partition coefficient (Wildman–Crippen LogP) is 1.97. The van der Waals surface area contributed by atoms with Crippen molar-refractivity contribution in [2.24, 2.45) is 5.73 Å². The van der Waals surface area contributed by atoms with E-state index in [0.29, 0.717) is 21.7 Å². The Morgan fingerprint density at radius 2 is 2.13 bits per heavy atom. The van der Waals surface area contributed by atoms with Crippen molar-refractivity contribution in [1.82, 2.24) is 10.2 Å². The smallest absolute Gasteiger partial charge is 0.250 e. The first-order valence-corrected chi connectivity index (χ1v) is 8.40. The first-order valence-electron chi connectivity index (χ1n) is 6.60. The molecule has 0 aliphatic carbocycles. The molecule has 0 atom stereocenters. The summed E-state index contributed by atoms with van der Waals surface area (Å²) in [7, 11) is 0. The Morgan fingerprint density at radius 3 is 2.87 bits per heavy atom. The van der Waals surface area contributed by atoms with Crippen molar-refractivity contribution in [1.29, 1.82) is 0 Å². The molecule has 1 heterocycles. The van der Waals surface area contributed by atoms with E-state index in [0.717, 1.165) is 0 Å². The van der Waals surface area contributed by atoms with Crippen LogP contribution in [0.25, 0.3) is 0 Å².